The lowest BCUT2D eigenvalue weighted by molar-refractivity contribution is -0.138. The van der Waals surface area contributed by atoms with Crippen molar-refractivity contribution in [3.8, 4) is 11.6 Å². The molecule has 0 fully saturated rings. The van der Waals surface area contributed by atoms with Crippen LogP contribution in [0.2, 0.25) is 0 Å². The molecule has 10 heteroatoms. The van der Waals surface area contributed by atoms with Gasteiger partial charge in [-0.15, -0.1) is 0 Å². The summed E-state index contributed by atoms with van der Waals surface area (Å²) in [6.07, 6.45) is -4.10. The molecule has 0 radical (unpaired) electrons. The first kappa shape index (κ1) is 18.9. The standard InChI is InChI=1S/C17H11F3N2O4S/c18-17(19,20)10-3-6-13(21-8-10)26-11-4-1-9(2-5-11)16-22-15(25)12(27-16)7-14(23)24/h1-6,8,12H,7H2,(H,23,24)/t12-/m0/s1. The number of aliphatic carboxylic acids is 1. The van der Waals surface area contributed by atoms with Gasteiger partial charge in [-0.2, -0.15) is 13.2 Å². The molecule has 2 aromatic rings. The Morgan fingerprint density at radius 3 is 2.44 bits per heavy atom. The molecule has 1 amide bonds. The SMILES string of the molecule is O=C(O)C[C@@H]1SC(c2ccc(Oc3ccc(C(F)(F)F)cn3)cc2)=NC1=O. The highest BCUT2D eigenvalue weighted by molar-refractivity contribution is 8.16. The third-order valence-electron chi connectivity index (χ3n) is 3.49. The maximum Gasteiger partial charge on any atom is 0.417 e. The van der Waals surface area contributed by atoms with E-state index in [0.29, 0.717) is 22.6 Å². The first-order valence-electron chi connectivity index (χ1n) is 7.55. The number of carboxylic acids is 1. The molecule has 0 saturated heterocycles. The molecule has 27 heavy (non-hydrogen) atoms. The lowest BCUT2D eigenvalue weighted by Gasteiger charge is -2.08. The van der Waals surface area contributed by atoms with Gasteiger partial charge in [0, 0.05) is 17.8 Å². The second kappa shape index (κ2) is 7.39. The number of rotatable bonds is 5. The summed E-state index contributed by atoms with van der Waals surface area (Å²) in [5.41, 5.74) is -0.268. The summed E-state index contributed by atoms with van der Waals surface area (Å²) >= 11 is 1.07. The maximum absolute atomic E-state index is 12.5. The molecule has 1 aromatic heterocycles. The van der Waals surface area contributed by atoms with Gasteiger partial charge in [0.2, 0.25) is 5.88 Å². The lowest BCUT2D eigenvalue weighted by atomic mass is 10.2. The largest absolute Gasteiger partial charge is 0.481 e. The van der Waals surface area contributed by atoms with E-state index in [1.165, 1.54) is 0 Å². The van der Waals surface area contributed by atoms with Crippen LogP contribution in [0.4, 0.5) is 13.2 Å². The molecule has 1 aliphatic rings. The minimum atomic E-state index is -4.47. The molecule has 140 valence electrons. The zero-order valence-corrected chi connectivity index (χ0v) is 14.3. The van der Waals surface area contributed by atoms with Gasteiger partial charge in [0.05, 0.1) is 12.0 Å². The number of hydrogen-bond acceptors (Lipinski definition) is 5. The van der Waals surface area contributed by atoms with Crippen molar-refractivity contribution in [1.82, 2.24) is 4.98 Å². The van der Waals surface area contributed by atoms with Gasteiger partial charge in [-0.05, 0) is 30.3 Å². The molecule has 0 unspecified atom stereocenters. The number of aliphatic imine (C=N–C) groups is 1. The highest BCUT2D eigenvalue weighted by atomic mass is 32.2. The van der Waals surface area contributed by atoms with Crippen molar-refractivity contribution in [2.75, 3.05) is 0 Å². The van der Waals surface area contributed by atoms with Crippen LogP contribution in [0.1, 0.15) is 17.5 Å². The smallest absolute Gasteiger partial charge is 0.417 e. The van der Waals surface area contributed by atoms with Crippen molar-refractivity contribution >= 4 is 28.7 Å². The van der Waals surface area contributed by atoms with Crippen LogP contribution in [-0.4, -0.2) is 32.3 Å². The molecule has 1 aliphatic heterocycles. The maximum atomic E-state index is 12.5. The van der Waals surface area contributed by atoms with Gasteiger partial charge in [-0.1, -0.05) is 11.8 Å². The van der Waals surface area contributed by atoms with Gasteiger partial charge in [-0.25, -0.2) is 9.98 Å². The number of amides is 1. The van der Waals surface area contributed by atoms with E-state index in [-0.39, 0.29) is 12.3 Å². The summed E-state index contributed by atoms with van der Waals surface area (Å²) in [6.45, 7) is 0. The average Bonchev–Trinajstić information content (AvgIpc) is 2.95. The number of halogens is 3. The molecule has 0 saturated carbocycles. The lowest BCUT2D eigenvalue weighted by Crippen LogP contribution is -2.15. The second-order valence-corrected chi connectivity index (χ2v) is 6.66. The molecule has 2 heterocycles. The van der Waals surface area contributed by atoms with E-state index in [9.17, 15) is 22.8 Å². The molecule has 6 nitrogen and oxygen atoms in total. The summed E-state index contributed by atoms with van der Waals surface area (Å²) in [7, 11) is 0. The highest BCUT2D eigenvalue weighted by Gasteiger charge is 2.31. The van der Waals surface area contributed by atoms with Gasteiger partial charge in [0.1, 0.15) is 16.0 Å². The van der Waals surface area contributed by atoms with Gasteiger partial charge in [0.15, 0.2) is 0 Å². The molecular formula is C17H11F3N2O4S. The van der Waals surface area contributed by atoms with E-state index in [1.807, 2.05) is 0 Å². The van der Waals surface area contributed by atoms with Crippen LogP contribution in [0.3, 0.4) is 0 Å². The fourth-order valence-corrected chi connectivity index (χ4v) is 3.26. The number of thioether (sulfide) groups is 1. The number of carboxylic acid groups (broad SMARTS) is 1. The Labute approximate surface area is 155 Å². The fourth-order valence-electron chi connectivity index (χ4n) is 2.20. The van der Waals surface area contributed by atoms with E-state index in [1.54, 1.807) is 24.3 Å². The van der Waals surface area contributed by atoms with Crippen LogP contribution >= 0.6 is 11.8 Å². The quantitative estimate of drug-likeness (QED) is 0.828. The van der Waals surface area contributed by atoms with Gasteiger partial charge >= 0.3 is 12.1 Å². The van der Waals surface area contributed by atoms with E-state index >= 15 is 0 Å². The number of nitrogens with zero attached hydrogens (tertiary/aromatic N) is 2. The van der Waals surface area contributed by atoms with Crippen molar-refractivity contribution < 1.29 is 32.6 Å². The first-order valence-corrected chi connectivity index (χ1v) is 8.43. The van der Waals surface area contributed by atoms with Crippen LogP contribution in [0.5, 0.6) is 11.6 Å². The minimum absolute atomic E-state index is 0.0000296. The van der Waals surface area contributed by atoms with Crippen molar-refractivity contribution in [2.24, 2.45) is 4.99 Å². The number of aromatic nitrogens is 1. The average molecular weight is 396 g/mol. The van der Waals surface area contributed by atoms with E-state index in [2.05, 4.69) is 9.98 Å². The van der Waals surface area contributed by atoms with Crippen LogP contribution < -0.4 is 4.74 Å². The van der Waals surface area contributed by atoms with Gasteiger partial charge in [-0.3, -0.25) is 9.59 Å². The number of hydrogen-bond donors (Lipinski definition) is 1. The van der Waals surface area contributed by atoms with Crippen molar-refractivity contribution in [1.29, 1.82) is 0 Å². The Morgan fingerprint density at radius 1 is 1.19 bits per heavy atom. The van der Waals surface area contributed by atoms with Crippen molar-refractivity contribution in [2.45, 2.75) is 17.8 Å². The fraction of sp³-hybridized carbons (Fsp3) is 0.176. The predicted molar refractivity (Wildman–Crippen MR) is 90.9 cm³/mol. The number of carbonyl (C=O) groups is 2. The Kier molecular flexibility index (Phi) is 5.17. The molecular weight excluding hydrogens is 385 g/mol. The minimum Gasteiger partial charge on any atom is -0.481 e. The normalized spacial score (nSPS) is 16.9. The Balaban J connectivity index is 1.67. The molecule has 1 atom stereocenters. The highest BCUT2D eigenvalue weighted by Crippen LogP contribution is 2.31. The summed E-state index contributed by atoms with van der Waals surface area (Å²) in [5.74, 6) is -1.24. The monoisotopic (exact) mass is 396 g/mol. The Hall–Kier alpha value is -2.88. The van der Waals surface area contributed by atoms with Crippen molar-refractivity contribution in [3.63, 3.8) is 0 Å². The van der Waals surface area contributed by atoms with E-state index < -0.39 is 28.9 Å². The summed E-state index contributed by atoms with van der Waals surface area (Å²) < 4.78 is 42.9. The molecule has 3 rings (SSSR count). The molecule has 0 spiro atoms. The number of ether oxygens (including phenoxy) is 1. The molecule has 1 aromatic carbocycles. The zero-order chi connectivity index (χ0) is 19.6. The van der Waals surface area contributed by atoms with Crippen molar-refractivity contribution in [3.05, 3.63) is 53.7 Å². The third-order valence-corrected chi connectivity index (χ3v) is 4.69. The zero-order valence-electron chi connectivity index (χ0n) is 13.4. The molecule has 1 N–H and O–H groups in total. The van der Waals surface area contributed by atoms with E-state index in [0.717, 1.165) is 23.9 Å². The number of carbonyl (C=O) groups excluding carboxylic acids is 1. The number of benzene rings is 1. The second-order valence-electron chi connectivity index (χ2n) is 5.47. The summed E-state index contributed by atoms with van der Waals surface area (Å²) in [4.78, 5) is 29.9. The predicted octanol–water partition coefficient (Wildman–Crippen LogP) is 3.76. The summed E-state index contributed by atoms with van der Waals surface area (Å²) in [6, 6.07) is 8.31. The van der Waals surface area contributed by atoms with E-state index in [4.69, 9.17) is 9.84 Å². The van der Waals surface area contributed by atoms with Crippen LogP contribution in [0, 0.1) is 0 Å². The Bertz CT molecular complexity index is 896. The van der Waals surface area contributed by atoms with Crippen LogP contribution in [0.15, 0.2) is 47.6 Å². The number of alkyl halides is 3. The topological polar surface area (TPSA) is 88.8 Å². The molecule has 0 aliphatic carbocycles. The van der Waals surface area contributed by atoms with Gasteiger partial charge < -0.3 is 9.84 Å². The van der Waals surface area contributed by atoms with Crippen LogP contribution in [-0.2, 0) is 15.8 Å². The first-order chi connectivity index (χ1) is 12.7. The number of pyridine rings is 1. The van der Waals surface area contributed by atoms with Crippen LogP contribution in [0.25, 0.3) is 0 Å². The Morgan fingerprint density at radius 2 is 1.89 bits per heavy atom. The summed E-state index contributed by atoms with van der Waals surface area (Å²) in [5, 5.41) is 8.45. The molecule has 0 bridgehead atoms. The third kappa shape index (κ3) is 4.64. The van der Waals surface area contributed by atoms with Gasteiger partial charge in [0.25, 0.3) is 5.91 Å².